The highest BCUT2D eigenvalue weighted by molar-refractivity contribution is 6.09. The molecule has 22 rings (SSSR count). The summed E-state index contributed by atoms with van der Waals surface area (Å²) in [5.41, 5.74) is 35.4. The molecular weight excluding hydrogens is 1430 g/mol. The van der Waals surface area contributed by atoms with E-state index in [4.69, 9.17) is 0 Å². The molecular formula is C117H94N2. The Labute approximate surface area is 700 Å². The van der Waals surface area contributed by atoms with E-state index in [0.717, 1.165) is 34.1 Å². The molecule has 2 nitrogen and oxygen atoms in total. The zero-order valence-corrected chi connectivity index (χ0v) is 69.3. The van der Waals surface area contributed by atoms with Gasteiger partial charge in [0.2, 0.25) is 0 Å². The van der Waals surface area contributed by atoms with Gasteiger partial charge in [0.25, 0.3) is 0 Å². The number of nitrogens with zero attached hydrogens (tertiary/aromatic N) is 2. The molecule has 0 N–H and O–H groups in total. The van der Waals surface area contributed by atoms with Crippen molar-refractivity contribution in [1.82, 2.24) is 0 Å². The van der Waals surface area contributed by atoms with Gasteiger partial charge in [-0.2, -0.15) is 0 Å². The largest absolute Gasteiger partial charge is 0.311 e. The van der Waals surface area contributed by atoms with Crippen LogP contribution in [0, 0.1) is 0 Å². The zero-order valence-electron chi connectivity index (χ0n) is 69.3. The summed E-state index contributed by atoms with van der Waals surface area (Å²) in [6.07, 6.45) is 12.1. The number of allylic oxidation sites excluding steroid dienone is 5. The van der Waals surface area contributed by atoms with Crippen LogP contribution in [0.5, 0.6) is 0 Å². The topological polar surface area (TPSA) is 6.48 Å². The molecule has 0 atom stereocenters. The van der Waals surface area contributed by atoms with Crippen molar-refractivity contribution in [1.29, 1.82) is 0 Å². The van der Waals surface area contributed by atoms with Crippen LogP contribution in [0.4, 0.5) is 34.1 Å². The first-order valence-corrected chi connectivity index (χ1v) is 42.3. The van der Waals surface area contributed by atoms with Gasteiger partial charge in [-0.25, -0.2) is 0 Å². The molecule has 5 aliphatic rings. The molecule has 0 heterocycles. The maximum atomic E-state index is 2.43. The van der Waals surface area contributed by atoms with Crippen molar-refractivity contribution < 1.29 is 0 Å². The molecule has 0 unspecified atom stereocenters. The summed E-state index contributed by atoms with van der Waals surface area (Å²) < 4.78 is 0. The van der Waals surface area contributed by atoms with Gasteiger partial charge in [-0.15, -0.1) is 0 Å². The van der Waals surface area contributed by atoms with Crippen LogP contribution in [0.25, 0.3) is 123 Å². The first-order chi connectivity index (χ1) is 57.7. The monoisotopic (exact) mass is 1530 g/mol. The minimum atomic E-state index is -0.116. The molecule has 2 heteroatoms. The van der Waals surface area contributed by atoms with E-state index in [9.17, 15) is 0 Å². The molecule has 0 spiro atoms. The lowest BCUT2D eigenvalue weighted by Crippen LogP contribution is -2.17. The Hall–Kier alpha value is -13.7. The normalized spacial score (nSPS) is 15.7. The lowest BCUT2D eigenvalue weighted by atomic mass is 9.78. The van der Waals surface area contributed by atoms with Crippen LogP contribution < -0.4 is 9.80 Å². The van der Waals surface area contributed by atoms with Crippen molar-refractivity contribution in [3.8, 4) is 11.1 Å². The molecule has 0 aromatic heterocycles. The van der Waals surface area contributed by atoms with Crippen LogP contribution in [0.15, 0.2) is 358 Å². The minimum absolute atomic E-state index is 0.0989. The van der Waals surface area contributed by atoms with Crippen LogP contribution in [0.1, 0.15) is 153 Å². The van der Waals surface area contributed by atoms with E-state index < -0.39 is 0 Å². The van der Waals surface area contributed by atoms with Gasteiger partial charge in [-0.05, 0) is 279 Å². The maximum absolute atomic E-state index is 2.43. The van der Waals surface area contributed by atoms with E-state index >= 15 is 0 Å². The van der Waals surface area contributed by atoms with Gasteiger partial charge in [-0.1, -0.05) is 354 Å². The van der Waals surface area contributed by atoms with Crippen LogP contribution in [0.3, 0.4) is 0 Å². The van der Waals surface area contributed by atoms with Crippen molar-refractivity contribution >= 4 is 146 Å². The highest BCUT2D eigenvalue weighted by Gasteiger charge is 2.40. The molecule has 0 saturated carbocycles. The zero-order chi connectivity index (χ0) is 80.8. The fraction of sp³-hybridized carbons (Fsp3) is 0.128. The van der Waals surface area contributed by atoms with E-state index in [1.807, 2.05) is 0 Å². The summed E-state index contributed by atoms with van der Waals surface area (Å²) in [5.74, 6) is 0. The van der Waals surface area contributed by atoms with Crippen molar-refractivity contribution in [3.05, 3.63) is 441 Å². The number of benzene rings is 17. The van der Waals surface area contributed by atoms with Gasteiger partial charge in [0.15, 0.2) is 0 Å². The third kappa shape index (κ3) is 12.0. The van der Waals surface area contributed by atoms with Gasteiger partial charge in [-0.3, -0.25) is 0 Å². The molecule has 0 radical (unpaired) electrons. The van der Waals surface area contributed by atoms with E-state index in [-0.39, 0.29) is 27.1 Å². The predicted octanol–water partition coefficient (Wildman–Crippen LogP) is 31.9. The van der Waals surface area contributed by atoms with Crippen molar-refractivity contribution in [2.24, 2.45) is 0 Å². The molecule has 17 aromatic carbocycles. The summed E-state index contributed by atoms with van der Waals surface area (Å²) in [7, 11) is 0. The molecule has 0 bridgehead atoms. The number of hydrogen-bond donors (Lipinski definition) is 0. The highest BCUT2D eigenvalue weighted by atomic mass is 15.1. The van der Waals surface area contributed by atoms with Crippen molar-refractivity contribution in [2.45, 2.75) is 96.3 Å². The van der Waals surface area contributed by atoms with Crippen molar-refractivity contribution in [2.75, 3.05) is 9.80 Å². The number of fused-ring (bicyclic) bond motifs is 15. The lowest BCUT2D eigenvalue weighted by Gasteiger charge is -2.29. The fourth-order valence-electron chi connectivity index (χ4n) is 20.8. The summed E-state index contributed by atoms with van der Waals surface area (Å²) in [4.78, 5) is 4.80. The first-order valence-electron chi connectivity index (χ1n) is 42.3. The maximum Gasteiger partial charge on any atom is 0.0462 e. The Balaban J connectivity index is 0.000000149. The van der Waals surface area contributed by atoms with Gasteiger partial charge in [0, 0.05) is 61.2 Å². The molecule has 0 aliphatic heterocycles. The van der Waals surface area contributed by atoms with Gasteiger partial charge in [0.05, 0.1) is 0 Å². The number of hydrogen-bond acceptors (Lipinski definition) is 2. The first kappa shape index (κ1) is 73.0. The van der Waals surface area contributed by atoms with Gasteiger partial charge in [0.1, 0.15) is 0 Å². The summed E-state index contributed by atoms with van der Waals surface area (Å²) in [6, 6.07) is 133. The molecule has 17 aromatic rings. The Morgan fingerprint density at radius 2 is 0.319 bits per heavy atom. The Morgan fingerprint density at radius 3 is 0.521 bits per heavy atom. The van der Waals surface area contributed by atoms with E-state index in [2.05, 4.69) is 467 Å². The average Bonchev–Trinajstić information content (AvgIpc) is 1.61. The quantitative estimate of drug-likeness (QED) is 0.120. The lowest BCUT2D eigenvalue weighted by molar-refractivity contribution is 0.704. The molecule has 0 fully saturated rings. The molecule has 0 amide bonds. The summed E-state index contributed by atoms with van der Waals surface area (Å²) in [5, 5.41) is 13.0. The van der Waals surface area contributed by atoms with E-state index in [1.54, 1.807) is 0 Å². The molecule has 5 aliphatic carbocycles. The standard InChI is InChI=1S/C63H51N.C54H43N/c1-61(2)55-34-25-40-13-7-10-16-49(40)52(55)37-58(61)43-19-28-46(29-20-43)64(47-30-21-44(22-31-47)59-38-53-50-17-11-8-14-41(50)26-35-56(53)62(59,3)4)48-32-23-45(24-33-48)60-39-54-51-18-12-9-15-42(51)27-36-57(54)63(60,5)6;1-53(2)49-32-24-38-14-8-10-16-45(38)47(49)34-51(53)40-20-28-43(29-21-40)55(42-26-18-37(19-27-42)36-12-6-5-7-13-36)44-30-22-41(23-31-44)52-35-48-46-17-11-9-15-39(46)25-33-50(48)54(52,3)4/h7-39H,1-6H3;5-35H,1-4H3. The number of anilines is 6. The van der Waals surface area contributed by atoms with E-state index in [0.29, 0.717) is 0 Å². The van der Waals surface area contributed by atoms with E-state index in [1.165, 1.54) is 176 Å². The third-order valence-corrected chi connectivity index (χ3v) is 27.4. The molecule has 0 saturated heterocycles. The van der Waals surface area contributed by atoms with Crippen LogP contribution in [-0.2, 0) is 27.1 Å². The second-order valence-electron chi connectivity index (χ2n) is 36.0. The van der Waals surface area contributed by atoms with Gasteiger partial charge >= 0.3 is 0 Å². The van der Waals surface area contributed by atoms with Crippen molar-refractivity contribution in [3.63, 3.8) is 0 Å². The average molecular weight is 1530 g/mol. The smallest absolute Gasteiger partial charge is 0.0462 e. The summed E-state index contributed by atoms with van der Waals surface area (Å²) >= 11 is 0. The van der Waals surface area contributed by atoms with Crippen LogP contribution in [0.2, 0.25) is 0 Å². The Bertz CT molecular complexity index is 6630. The third-order valence-electron chi connectivity index (χ3n) is 27.4. The SMILES string of the molecule is CC1(C)C(c2ccc(N(c3ccc(C4=Cc5c(ccc6ccccc56)C4(C)C)cc3)c3ccc(-c4ccccc4)cc3)cc2)=Cc2c1ccc1ccccc21.CC1(C)C(c2ccc(N(c3ccc(C4=Cc5c(ccc6ccccc56)C4(C)C)cc3)c3ccc(C4=Cc5c(ccc6ccccc56)C4(C)C)cc3)cc2)=Cc2c1ccc1ccccc21. The Morgan fingerprint density at radius 1 is 0.151 bits per heavy atom. The van der Waals surface area contributed by atoms with Crippen LogP contribution >= 0.6 is 0 Å². The second kappa shape index (κ2) is 27.8. The second-order valence-corrected chi connectivity index (χ2v) is 36.0. The molecule has 572 valence electrons. The van der Waals surface area contributed by atoms with Gasteiger partial charge < -0.3 is 9.80 Å². The molecule has 119 heavy (non-hydrogen) atoms. The summed E-state index contributed by atoms with van der Waals surface area (Å²) in [6.45, 7) is 23.6. The Kier molecular flexibility index (Phi) is 17.0. The van der Waals surface area contributed by atoms with Crippen LogP contribution in [-0.4, -0.2) is 0 Å². The predicted molar refractivity (Wildman–Crippen MR) is 512 cm³/mol. The fourth-order valence-corrected chi connectivity index (χ4v) is 20.8. The number of rotatable bonds is 12. The minimum Gasteiger partial charge on any atom is -0.311 e. The highest BCUT2D eigenvalue weighted by Crippen LogP contribution is 2.56.